The van der Waals surface area contributed by atoms with Crippen LogP contribution in [0.15, 0.2) is 67.1 Å². The zero-order chi connectivity index (χ0) is 24.6. The zero-order valence-electron chi connectivity index (χ0n) is 20.2. The normalized spacial score (nSPS) is 11.6. The van der Waals surface area contributed by atoms with Crippen LogP contribution < -0.4 is 19.9 Å². The summed E-state index contributed by atoms with van der Waals surface area (Å²) >= 11 is 0. The van der Waals surface area contributed by atoms with Gasteiger partial charge in [0, 0.05) is 25.4 Å². The topological polar surface area (TPSA) is 109 Å². The molecule has 0 saturated heterocycles. The van der Waals surface area contributed by atoms with E-state index in [4.69, 9.17) is 4.74 Å². The maximum atomic E-state index is 12.9. The minimum atomic E-state index is -0.160. The molecule has 0 saturated carbocycles. The number of nitrogens with one attached hydrogen (secondary N) is 3. The predicted molar refractivity (Wildman–Crippen MR) is 137 cm³/mol. The van der Waals surface area contributed by atoms with Gasteiger partial charge in [-0.25, -0.2) is 14.5 Å². The summed E-state index contributed by atoms with van der Waals surface area (Å²) in [4.78, 5) is 21.2. The first kappa shape index (κ1) is 23.9. The van der Waals surface area contributed by atoms with E-state index >= 15 is 0 Å². The Labute approximate surface area is 207 Å². The fourth-order valence-corrected chi connectivity index (χ4v) is 3.81. The molecule has 0 aliphatic heterocycles. The number of aromatic amines is 1. The second-order valence-electron chi connectivity index (χ2n) is 8.15. The van der Waals surface area contributed by atoms with Crippen molar-refractivity contribution in [2.75, 3.05) is 12.4 Å². The predicted octanol–water partition coefficient (Wildman–Crippen LogP) is 4.17. The van der Waals surface area contributed by atoms with Gasteiger partial charge in [0.15, 0.2) is 0 Å². The van der Waals surface area contributed by atoms with Gasteiger partial charge in [-0.05, 0) is 55.3 Å². The monoisotopic (exact) mass is 476 g/mol. The molecule has 2 aromatic carbocycles. The summed E-state index contributed by atoms with van der Waals surface area (Å²) in [5.41, 5.74) is 3.16. The molecule has 0 unspecified atom stereocenters. The molecule has 0 aliphatic rings. The van der Waals surface area contributed by atoms with E-state index in [1.165, 1.54) is 6.33 Å². The lowest BCUT2D eigenvalue weighted by Gasteiger charge is -2.16. The van der Waals surface area contributed by atoms with Crippen molar-refractivity contribution in [1.82, 2.24) is 25.5 Å². The van der Waals surface area contributed by atoms with E-state index in [9.17, 15) is 4.79 Å². The van der Waals surface area contributed by atoms with Crippen LogP contribution in [0.4, 0.5) is 5.69 Å². The van der Waals surface area contributed by atoms with Crippen LogP contribution in [0.3, 0.4) is 0 Å². The number of rotatable bonds is 10. The average molecular weight is 477 g/mol. The number of methoxy groups -OCH3 is 1. The summed E-state index contributed by atoms with van der Waals surface area (Å²) in [6.07, 6.45) is 4.18. The molecule has 2 heterocycles. The quantitative estimate of drug-likeness (QED) is 0.297. The molecular formula is C26H34N7O2+. The molecule has 184 valence electrons. The first-order valence-electron chi connectivity index (χ1n) is 11.6. The Hall–Kier alpha value is -4.27. The Balaban J connectivity index is 0.00000241. The summed E-state index contributed by atoms with van der Waals surface area (Å²) in [5.74, 6) is 2.31. The summed E-state index contributed by atoms with van der Waals surface area (Å²) < 4.78 is 7.40. The fourth-order valence-electron chi connectivity index (χ4n) is 3.81. The van der Waals surface area contributed by atoms with Crippen LogP contribution in [0.2, 0.25) is 0 Å². The minimum absolute atomic E-state index is 0. The molecule has 1 amide bonds. The summed E-state index contributed by atoms with van der Waals surface area (Å²) in [6.45, 7) is 5.39. The largest absolute Gasteiger partial charge is 0.497 e. The zero-order valence-corrected chi connectivity index (χ0v) is 20.2. The van der Waals surface area contributed by atoms with Crippen molar-refractivity contribution in [3.63, 3.8) is 0 Å². The van der Waals surface area contributed by atoms with Gasteiger partial charge in [0.2, 0.25) is 0 Å². The highest BCUT2D eigenvalue weighted by atomic mass is 16.5. The second-order valence-corrected chi connectivity index (χ2v) is 8.15. The second kappa shape index (κ2) is 11.2. The molecule has 4 aromatic rings. The first-order valence-corrected chi connectivity index (χ1v) is 11.6. The Morgan fingerprint density at radius 2 is 2.06 bits per heavy atom. The highest BCUT2D eigenvalue weighted by Crippen LogP contribution is 2.20. The van der Waals surface area contributed by atoms with Gasteiger partial charge in [-0.15, -0.1) is 5.10 Å². The molecule has 0 spiro atoms. The van der Waals surface area contributed by atoms with E-state index in [0.29, 0.717) is 12.1 Å². The number of benzene rings is 2. The van der Waals surface area contributed by atoms with Gasteiger partial charge in [-0.1, -0.05) is 25.1 Å². The number of nitrogens with zero attached hydrogens (tertiary/aromatic N) is 4. The lowest BCUT2D eigenvalue weighted by Crippen LogP contribution is -2.39. The molecule has 0 radical (unpaired) electrons. The van der Waals surface area contributed by atoms with Crippen LogP contribution in [-0.2, 0) is 13.1 Å². The van der Waals surface area contributed by atoms with Crippen molar-refractivity contribution in [3.05, 3.63) is 84.1 Å². The number of hydrogen-bond donors (Lipinski definition) is 3. The molecule has 3 N–H and O–H groups in total. The number of amides is 1. The Bertz CT molecular complexity index is 1280. The highest BCUT2D eigenvalue weighted by molar-refractivity contribution is 5.95. The lowest BCUT2D eigenvalue weighted by molar-refractivity contribution is -0.693. The van der Waals surface area contributed by atoms with Crippen LogP contribution >= 0.6 is 0 Å². The van der Waals surface area contributed by atoms with Crippen LogP contribution in [-0.4, -0.2) is 33.2 Å². The minimum Gasteiger partial charge on any atom is -0.497 e. The van der Waals surface area contributed by atoms with Crippen LogP contribution in [0.25, 0.3) is 11.5 Å². The van der Waals surface area contributed by atoms with E-state index in [-0.39, 0.29) is 14.8 Å². The van der Waals surface area contributed by atoms with Crippen molar-refractivity contribution in [1.29, 1.82) is 0 Å². The van der Waals surface area contributed by atoms with Gasteiger partial charge < -0.3 is 15.4 Å². The summed E-state index contributed by atoms with van der Waals surface area (Å²) in [6, 6.07) is 16.8. The molecular weight excluding hydrogens is 442 g/mol. The molecule has 1 atom stereocenters. The van der Waals surface area contributed by atoms with Crippen LogP contribution in [0, 0.1) is 0 Å². The molecule has 0 bridgehead atoms. The molecule has 0 fully saturated rings. The van der Waals surface area contributed by atoms with Gasteiger partial charge in [-0.3, -0.25) is 4.79 Å². The van der Waals surface area contributed by atoms with Crippen molar-refractivity contribution < 1.29 is 17.0 Å². The van der Waals surface area contributed by atoms with Gasteiger partial charge >= 0.3 is 5.82 Å². The maximum absolute atomic E-state index is 12.9. The maximum Gasteiger partial charge on any atom is 0.327 e. The molecule has 0 aliphatic carbocycles. The van der Waals surface area contributed by atoms with E-state index in [1.54, 1.807) is 19.4 Å². The van der Waals surface area contributed by atoms with Crippen molar-refractivity contribution in [2.45, 2.75) is 39.4 Å². The number of carbonyl (C=O) groups excluding carboxylic acids is 1. The fraction of sp³-hybridized carbons (Fsp3) is 0.269. The molecule has 9 heteroatoms. The summed E-state index contributed by atoms with van der Waals surface area (Å²) in [7, 11) is 1.63. The summed E-state index contributed by atoms with van der Waals surface area (Å²) in [5, 5.41) is 14.0. The molecule has 35 heavy (non-hydrogen) atoms. The number of aromatic nitrogens is 5. The van der Waals surface area contributed by atoms with Gasteiger partial charge in [0.1, 0.15) is 24.3 Å². The first-order chi connectivity index (χ1) is 17.1. The van der Waals surface area contributed by atoms with Gasteiger partial charge in [0.05, 0.1) is 19.7 Å². The van der Waals surface area contributed by atoms with E-state index in [0.717, 1.165) is 47.3 Å². The number of H-pyrrole nitrogens is 1. The van der Waals surface area contributed by atoms with E-state index < -0.39 is 0 Å². The molecule has 9 nitrogen and oxygen atoms in total. The third-order valence-electron chi connectivity index (χ3n) is 5.66. The Morgan fingerprint density at radius 1 is 1.20 bits per heavy atom. The van der Waals surface area contributed by atoms with Crippen LogP contribution in [0.5, 0.6) is 5.75 Å². The van der Waals surface area contributed by atoms with E-state index in [2.05, 4.69) is 42.3 Å². The number of ether oxygens (including phenoxy) is 1. The Morgan fingerprint density at radius 3 is 2.83 bits per heavy atom. The number of anilines is 1. The smallest absolute Gasteiger partial charge is 0.327 e. The van der Waals surface area contributed by atoms with Gasteiger partial charge in [-0.2, -0.15) is 0 Å². The van der Waals surface area contributed by atoms with Crippen molar-refractivity contribution in [3.8, 4) is 17.3 Å². The number of hydrogen-bond acceptors (Lipinski definition) is 6. The van der Waals surface area contributed by atoms with Crippen molar-refractivity contribution in [2.24, 2.45) is 0 Å². The third-order valence-corrected chi connectivity index (χ3v) is 5.66. The standard InChI is InChI=1S/C26H29N7O2.2H2/c1-4-13-33-24(31-32-25(33)23-11-12-27-17-29-23)16-28-21-9-5-8-20(14-21)26(34)30-18(2)19-7-6-10-22(15-19)35-3;;/h5-12,14-15,17-18,28H,4,13,16H2,1-3H3,(H,30,34);2*1H/p+1/t18-;;/m0../s1. The van der Waals surface area contributed by atoms with Crippen LogP contribution in [0.1, 0.15) is 50.9 Å². The number of carbonyl (C=O) groups is 1. The van der Waals surface area contributed by atoms with Gasteiger partial charge in [0.25, 0.3) is 11.7 Å². The lowest BCUT2D eigenvalue weighted by atomic mass is 10.1. The van der Waals surface area contributed by atoms with E-state index in [1.807, 2.05) is 55.5 Å². The SMILES string of the molecule is CCC[n+]1c(-c2ccncn2)n[nH]c1CNc1cccc(C(=O)N[C@@H](C)c2cccc(OC)c2)c1.[HH].[HH]. The Kier molecular flexibility index (Phi) is 7.67. The van der Waals surface area contributed by atoms with Crippen molar-refractivity contribution >= 4 is 11.6 Å². The highest BCUT2D eigenvalue weighted by Gasteiger charge is 2.22. The third kappa shape index (κ3) is 5.81. The molecule has 2 aromatic heterocycles. The average Bonchev–Trinajstić information content (AvgIpc) is 3.30. The molecule has 4 rings (SSSR count).